The predicted octanol–water partition coefficient (Wildman–Crippen LogP) is 2.54. The lowest BCUT2D eigenvalue weighted by molar-refractivity contribution is -0.126. The number of ether oxygens (including phenoxy) is 1. The van der Waals surface area contributed by atoms with Gasteiger partial charge in [0.05, 0.1) is 24.8 Å². The van der Waals surface area contributed by atoms with Gasteiger partial charge in [0, 0.05) is 18.7 Å². The molecule has 0 spiro atoms. The number of carbonyl (C=O) groups is 2. The Morgan fingerprint density at radius 2 is 1.57 bits per heavy atom. The van der Waals surface area contributed by atoms with E-state index in [-0.39, 0.29) is 17.9 Å². The number of carbonyl (C=O) groups excluding carboxylic acids is 2. The lowest BCUT2D eigenvalue weighted by Gasteiger charge is -2.30. The van der Waals surface area contributed by atoms with Crippen LogP contribution in [0.25, 0.3) is 0 Å². The van der Waals surface area contributed by atoms with Gasteiger partial charge in [0.15, 0.2) is 0 Å². The van der Waals surface area contributed by atoms with E-state index in [4.69, 9.17) is 4.74 Å². The SMILES string of the molecule is COc1ccccc1[C@H]1[C@@H]2C(=O)N(c3ccc(C)cc3)C(=O)[C@@H]2N2CCCN12. The van der Waals surface area contributed by atoms with Crippen molar-refractivity contribution in [2.45, 2.75) is 25.4 Å². The Morgan fingerprint density at radius 1 is 0.893 bits per heavy atom. The zero-order valence-corrected chi connectivity index (χ0v) is 16.0. The van der Waals surface area contributed by atoms with Crippen LogP contribution in [0.5, 0.6) is 5.75 Å². The molecule has 0 bridgehead atoms. The summed E-state index contributed by atoms with van der Waals surface area (Å²) < 4.78 is 5.59. The van der Waals surface area contributed by atoms with Crippen LogP contribution in [-0.4, -0.2) is 48.1 Å². The van der Waals surface area contributed by atoms with E-state index in [1.165, 1.54) is 4.90 Å². The molecule has 6 nitrogen and oxygen atoms in total. The van der Waals surface area contributed by atoms with Gasteiger partial charge in [0.25, 0.3) is 5.91 Å². The Kier molecular flexibility index (Phi) is 4.00. The van der Waals surface area contributed by atoms with E-state index in [0.717, 1.165) is 36.4 Å². The first-order valence-electron chi connectivity index (χ1n) is 9.72. The quantitative estimate of drug-likeness (QED) is 0.770. The van der Waals surface area contributed by atoms with Crippen LogP contribution < -0.4 is 9.64 Å². The number of amides is 2. The molecule has 144 valence electrons. The second-order valence-corrected chi connectivity index (χ2v) is 7.68. The topological polar surface area (TPSA) is 53.1 Å². The summed E-state index contributed by atoms with van der Waals surface area (Å²) in [5.74, 6) is 0.0896. The molecule has 3 fully saturated rings. The van der Waals surface area contributed by atoms with Gasteiger partial charge in [-0.25, -0.2) is 14.9 Å². The first-order valence-corrected chi connectivity index (χ1v) is 9.72. The highest BCUT2D eigenvalue weighted by atomic mass is 16.5. The molecule has 6 heteroatoms. The number of rotatable bonds is 3. The molecule has 3 saturated heterocycles. The number of methoxy groups -OCH3 is 1. The van der Waals surface area contributed by atoms with Crippen LogP contribution in [0.1, 0.15) is 23.6 Å². The Bertz CT molecular complexity index is 942. The Balaban J connectivity index is 1.60. The smallest absolute Gasteiger partial charge is 0.253 e. The van der Waals surface area contributed by atoms with Gasteiger partial charge >= 0.3 is 0 Å². The fourth-order valence-corrected chi connectivity index (χ4v) is 4.95. The molecule has 0 aromatic heterocycles. The number of hydrogen-bond acceptors (Lipinski definition) is 5. The van der Waals surface area contributed by atoms with Crippen molar-refractivity contribution in [2.24, 2.45) is 5.92 Å². The molecule has 3 aliphatic heterocycles. The van der Waals surface area contributed by atoms with Crippen molar-refractivity contribution in [3.8, 4) is 5.75 Å². The maximum atomic E-state index is 13.5. The number of hydrogen-bond donors (Lipinski definition) is 0. The summed E-state index contributed by atoms with van der Waals surface area (Å²) in [6, 6.07) is 14.8. The van der Waals surface area contributed by atoms with Gasteiger partial charge in [-0.3, -0.25) is 9.59 Å². The molecule has 0 saturated carbocycles. The van der Waals surface area contributed by atoms with Crippen molar-refractivity contribution in [3.05, 3.63) is 59.7 Å². The summed E-state index contributed by atoms with van der Waals surface area (Å²) in [4.78, 5) is 28.3. The number of para-hydroxylation sites is 1. The molecule has 0 unspecified atom stereocenters. The van der Waals surface area contributed by atoms with E-state index in [1.54, 1.807) is 7.11 Å². The van der Waals surface area contributed by atoms with E-state index in [1.807, 2.05) is 55.5 Å². The zero-order valence-electron chi connectivity index (χ0n) is 16.0. The summed E-state index contributed by atoms with van der Waals surface area (Å²) in [6.45, 7) is 3.64. The monoisotopic (exact) mass is 377 g/mol. The van der Waals surface area contributed by atoms with Gasteiger partial charge in [0.1, 0.15) is 11.8 Å². The number of benzene rings is 2. The van der Waals surface area contributed by atoms with Crippen molar-refractivity contribution in [3.63, 3.8) is 0 Å². The first kappa shape index (κ1) is 17.4. The first-order chi connectivity index (χ1) is 13.6. The van der Waals surface area contributed by atoms with Crippen LogP contribution in [0.4, 0.5) is 5.69 Å². The average Bonchev–Trinajstić information content (AvgIpc) is 3.35. The minimum atomic E-state index is -0.439. The molecule has 2 aromatic rings. The third-order valence-electron chi connectivity index (χ3n) is 6.16. The van der Waals surface area contributed by atoms with Crippen molar-refractivity contribution >= 4 is 17.5 Å². The highest BCUT2D eigenvalue weighted by Gasteiger charge is 2.63. The van der Waals surface area contributed by atoms with Gasteiger partial charge in [-0.15, -0.1) is 0 Å². The Morgan fingerprint density at radius 3 is 2.29 bits per heavy atom. The maximum Gasteiger partial charge on any atom is 0.253 e. The largest absolute Gasteiger partial charge is 0.496 e. The predicted molar refractivity (Wildman–Crippen MR) is 105 cm³/mol. The van der Waals surface area contributed by atoms with E-state index in [2.05, 4.69) is 10.0 Å². The number of imide groups is 1. The van der Waals surface area contributed by atoms with Gasteiger partial charge in [0.2, 0.25) is 5.91 Å². The minimum absolute atomic E-state index is 0.121. The molecule has 3 atom stereocenters. The van der Waals surface area contributed by atoms with Crippen molar-refractivity contribution in [2.75, 3.05) is 25.1 Å². The standard InChI is InChI=1S/C22H23N3O3/c1-14-8-10-15(11-9-14)25-21(26)18-19(16-6-3-4-7-17(16)28-2)23-12-5-13-24(23)20(18)22(25)27/h3-4,6-11,18-20H,5,12-13H2,1-2H3/t18-,19-,20+/m0/s1. The molecule has 3 aliphatic rings. The van der Waals surface area contributed by atoms with Gasteiger partial charge < -0.3 is 4.74 Å². The minimum Gasteiger partial charge on any atom is -0.496 e. The average molecular weight is 377 g/mol. The van der Waals surface area contributed by atoms with E-state index in [9.17, 15) is 9.59 Å². The molecule has 2 aromatic carbocycles. The summed E-state index contributed by atoms with van der Waals surface area (Å²) in [5, 5.41) is 4.31. The van der Waals surface area contributed by atoms with Crippen LogP contribution in [0.15, 0.2) is 48.5 Å². The van der Waals surface area contributed by atoms with Crippen LogP contribution in [0, 0.1) is 12.8 Å². The zero-order chi connectivity index (χ0) is 19.4. The van der Waals surface area contributed by atoms with E-state index < -0.39 is 12.0 Å². The summed E-state index contributed by atoms with van der Waals surface area (Å²) in [7, 11) is 1.65. The normalized spacial score (nSPS) is 27.4. The lowest BCUT2D eigenvalue weighted by Crippen LogP contribution is -2.44. The molecular formula is C22H23N3O3. The highest BCUT2D eigenvalue weighted by Crippen LogP contribution is 2.50. The fourth-order valence-electron chi connectivity index (χ4n) is 4.95. The van der Waals surface area contributed by atoms with E-state index >= 15 is 0 Å². The number of nitrogens with zero attached hydrogens (tertiary/aromatic N) is 3. The van der Waals surface area contributed by atoms with Crippen LogP contribution in [0.3, 0.4) is 0 Å². The van der Waals surface area contributed by atoms with Crippen molar-refractivity contribution in [1.82, 2.24) is 10.0 Å². The Hall–Kier alpha value is -2.70. The second-order valence-electron chi connectivity index (χ2n) is 7.68. The highest BCUT2D eigenvalue weighted by molar-refractivity contribution is 6.24. The lowest BCUT2D eigenvalue weighted by atomic mass is 9.89. The van der Waals surface area contributed by atoms with Crippen LogP contribution >= 0.6 is 0 Å². The third-order valence-corrected chi connectivity index (χ3v) is 6.16. The molecule has 3 heterocycles. The molecule has 28 heavy (non-hydrogen) atoms. The second kappa shape index (κ2) is 6.43. The van der Waals surface area contributed by atoms with E-state index in [0.29, 0.717) is 5.69 Å². The number of aryl methyl sites for hydroxylation is 1. The van der Waals surface area contributed by atoms with Crippen molar-refractivity contribution < 1.29 is 14.3 Å². The van der Waals surface area contributed by atoms with Crippen LogP contribution in [-0.2, 0) is 9.59 Å². The van der Waals surface area contributed by atoms with Gasteiger partial charge in [-0.1, -0.05) is 35.9 Å². The van der Waals surface area contributed by atoms with Gasteiger partial charge in [-0.05, 0) is 31.5 Å². The molecule has 0 radical (unpaired) electrons. The number of anilines is 1. The number of hydrazine groups is 1. The van der Waals surface area contributed by atoms with Crippen molar-refractivity contribution in [1.29, 1.82) is 0 Å². The fraction of sp³-hybridized carbons (Fsp3) is 0.364. The van der Waals surface area contributed by atoms with Gasteiger partial charge in [-0.2, -0.15) is 0 Å². The molecule has 0 N–H and O–H groups in total. The third kappa shape index (κ3) is 2.34. The van der Waals surface area contributed by atoms with Crippen LogP contribution in [0.2, 0.25) is 0 Å². The Labute approximate surface area is 164 Å². The number of fused-ring (bicyclic) bond motifs is 3. The molecule has 5 rings (SSSR count). The molecule has 0 aliphatic carbocycles. The summed E-state index contributed by atoms with van der Waals surface area (Å²) in [6.07, 6.45) is 0.987. The summed E-state index contributed by atoms with van der Waals surface area (Å²) in [5.41, 5.74) is 2.72. The molecule has 2 amide bonds. The molecular weight excluding hydrogens is 354 g/mol. The maximum absolute atomic E-state index is 13.5. The summed E-state index contributed by atoms with van der Waals surface area (Å²) >= 11 is 0.